The van der Waals surface area contributed by atoms with Gasteiger partial charge in [0, 0.05) is 5.92 Å². The lowest BCUT2D eigenvalue weighted by Gasteiger charge is -2.21. The summed E-state index contributed by atoms with van der Waals surface area (Å²) >= 11 is 0. The van der Waals surface area contributed by atoms with Gasteiger partial charge in [0.1, 0.15) is 0 Å². The molecular formula is C9H15N5. The van der Waals surface area contributed by atoms with Gasteiger partial charge in [-0.25, -0.2) is 4.68 Å². The Morgan fingerprint density at radius 2 is 1.93 bits per heavy atom. The van der Waals surface area contributed by atoms with Gasteiger partial charge in [-0.05, 0) is 49.2 Å². The summed E-state index contributed by atoms with van der Waals surface area (Å²) < 4.78 is 2.05. The number of hydrogen-bond acceptors (Lipinski definition) is 4. The Morgan fingerprint density at radius 3 is 2.64 bits per heavy atom. The predicted octanol–water partition coefficient (Wildman–Crippen LogP) is 0.475. The molecule has 1 N–H and O–H groups in total. The van der Waals surface area contributed by atoms with Gasteiger partial charge in [0.25, 0.3) is 0 Å². The minimum atomic E-state index is 0.576. The molecule has 1 aromatic rings. The van der Waals surface area contributed by atoms with Gasteiger partial charge in [-0.3, -0.25) is 0 Å². The summed E-state index contributed by atoms with van der Waals surface area (Å²) in [6.45, 7) is 2.20. The van der Waals surface area contributed by atoms with Crippen LogP contribution in [0.15, 0.2) is 0 Å². The molecule has 1 saturated carbocycles. The van der Waals surface area contributed by atoms with Crippen molar-refractivity contribution < 1.29 is 0 Å². The maximum Gasteiger partial charge on any atom is 0.154 e. The molecule has 0 unspecified atom stereocenters. The maximum atomic E-state index is 4.18. The average molecular weight is 193 g/mol. The molecule has 3 rings (SSSR count). The fourth-order valence-corrected chi connectivity index (χ4v) is 2.13. The molecule has 0 amide bonds. The molecule has 0 bridgehead atoms. The van der Waals surface area contributed by atoms with Crippen molar-refractivity contribution in [1.82, 2.24) is 25.5 Å². The van der Waals surface area contributed by atoms with Crippen LogP contribution in [0, 0.1) is 0 Å². The van der Waals surface area contributed by atoms with E-state index in [9.17, 15) is 0 Å². The standard InChI is InChI=1S/C9H15N5/c1-2-8(1)14-9(11-12-13-14)7-3-5-10-6-4-7/h7-8,10H,1-6H2. The van der Waals surface area contributed by atoms with E-state index in [1.807, 2.05) is 0 Å². The summed E-state index contributed by atoms with van der Waals surface area (Å²) in [5.74, 6) is 1.70. The van der Waals surface area contributed by atoms with E-state index in [-0.39, 0.29) is 0 Å². The number of aromatic nitrogens is 4. The van der Waals surface area contributed by atoms with Crippen LogP contribution in [0.25, 0.3) is 0 Å². The smallest absolute Gasteiger partial charge is 0.154 e. The van der Waals surface area contributed by atoms with Crippen LogP contribution in [-0.2, 0) is 0 Å². The van der Waals surface area contributed by atoms with Crippen LogP contribution < -0.4 is 5.32 Å². The molecule has 0 aromatic carbocycles. The van der Waals surface area contributed by atoms with Crippen molar-refractivity contribution in [2.24, 2.45) is 0 Å². The third-order valence-corrected chi connectivity index (χ3v) is 3.12. The molecule has 2 fully saturated rings. The molecular weight excluding hydrogens is 178 g/mol. The molecule has 1 aliphatic heterocycles. The topological polar surface area (TPSA) is 55.6 Å². The summed E-state index contributed by atoms with van der Waals surface area (Å²) in [5, 5.41) is 15.4. The van der Waals surface area contributed by atoms with Crippen molar-refractivity contribution >= 4 is 0 Å². The van der Waals surface area contributed by atoms with Gasteiger partial charge in [0.2, 0.25) is 0 Å². The predicted molar refractivity (Wildman–Crippen MR) is 50.9 cm³/mol. The number of piperidine rings is 1. The van der Waals surface area contributed by atoms with E-state index in [0.29, 0.717) is 12.0 Å². The first kappa shape index (κ1) is 8.35. The second-order valence-electron chi connectivity index (χ2n) is 4.24. The summed E-state index contributed by atoms with van der Waals surface area (Å²) in [4.78, 5) is 0. The first-order valence-corrected chi connectivity index (χ1v) is 5.43. The Hall–Kier alpha value is -0.970. The van der Waals surface area contributed by atoms with Crippen LogP contribution in [0.1, 0.15) is 43.5 Å². The van der Waals surface area contributed by atoms with Gasteiger partial charge < -0.3 is 5.32 Å². The zero-order valence-electron chi connectivity index (χ0n) is 8.19. The minimum Gasteiger partial charge on any atom is -0.317 e. The Kier molecular flexibility index (Phi) is 1.97. The van der Waals surface area contributed by atoms with E-state index in [2.05, 4.69) is 25.5 Å². The largest absolute Gasteiger partial charge is 0.317 e. The highest BCUT2D eigenvalue weighted by Crippen LogP contribution is 2.36. The van der Waals surface area contributed by atoms with Gasteiger partial charge in [-0.2, -0.15) is 0 Å². The normalized spacial score (nSPS) is 24.0. The summed E-state index contributed by atoms with van der Waals surface area (Å²) in [5.41, 5.74) is 0. The fourth-order valence-electron chi connectivity index (χ4n) is 2.13. The SMILES string of the molecule is C1CC(c2nnnn2C2CC2)CCN1. The molecule has 76 valence electrons. The molecule has 5 nitrogen and oxygen atoms in total. The van der Waals surface area contributed by atoms with Crippen LogP contribution in [-0.4, -0.2) is 33.3 Å². The molecule has 0 radical (unpaired) electrons. The Balaban J connectivity index is 1.82. The first-order chi connectivity index (χ1) is 6.95. The van der Waals surface area contributed by atoms with Crippen molar-refractivity contribution in [3.8, 4) is 0 Å². The lowest BCUT2D eigenvalue weighted by atomic mass is 9.97. The third-order valence-electron chi connectivity index (χ3n) is 3.12. The highest BCUT2D eigenvalue weighted by molar-refractivity contribution is 4.99. The quantitative estimate of drug-likeness (QED) is 0.742. The number of nitrogens with zero attached hydrogens (tertiary/aromatic N) is 4. The number of rotatable bonds is 2. The van der Waals surface area contributed by atoms with Crippen LogP contribution in [0.5, 0.6) is 0 Å². The minimum absolute atomic E-state index is 0.576. The van der Waals surface area contributed by atoms with Gasteiger partial charge >= 0.3 is 0 Å². The second kappa shape index (κ2) is 3.31. The third kappa shape index (κ3) is 1.41. The average Bonchev–Trinajstić information content (AvgIpc) is 2.98. The molecule has 0 spiro atoms. The molecule has 1 aromatic heterocycles. The molecule has 0 atom stereocenters. The fraction of sp³-hybridized carbons (Fsp3) is 0.889. The van der Waals surface area contributed by atoms with Crippen molar-refractivity contribution in [3.63, 3.8) is 0 Å². The maximum absolute atomic E-state index is 4.18. The Morgan fingerprint density at radius 1 is 1.14 bits per heavy atom. The highest BCUT2D eigenvalue weighted by Gasteiger charge is 2.30. The second-order valence-corrected chi connectivity index (χ2v) is 4.24. The van der Waals surface area contributed by atoms with Gasteiger partial charge in [0.15, 0.2) is 5.82 Å². The molecule has 1 saturated heterocycles. The van der Waals surface area contributed by atoms with Crippen molar-refractivity contribution in [1.29, 1.82) is 0 Å². The van der Waals surface area contributed by atoms with E-state index >= 15 is 0 Å². The van der Waals surface area contributed by atoms with Crippen molar-refractivity contribution in [2.45, 2.75) is 37.6 Å². The zero-order chi connectivity index (χ0) is 9.38. The van der Waals surface area contributed by atoms with E-state index in [0.717, 1.165) is 18.9 Å². The van der Waals surface area contributed by atoms with Gasteiger partial charge in [-0.15, -0.1) is 5.10 Å². The lowest BCUT2D eigenvalue weighted by Crippen LogP contribution is -2.28. The van der Waals surface area contributed by atoms with Crippen LogP contribution in [0.3, 0.4) is 0 Å². The molecule has 14 heavy (non-hydrogen) atoms. The van der Waals surface area contributed by atoms with Gasteiger partial charge in [0.05, 0.1) is 6.04 Å². The molecule has 1 aliphatic carbocycles. The molecule has 2 heterocycles. The summed E-state index contributed by atoms with van der Waals surface area (Å²) in [7, 11) is 0. The monoisotopic (exact) mass is 193 g/mol. The number of tetrazole rings is 1. The highest BCUT2D eigenvalue weighted by atomic mass is 15.6. The Bertz CT molecular complexity index is 311. The van der Waals surface area contributed by atoms with E-state index < -0.39 is 0 Å². The molecule has 5 heteroatoms. The summed E-state index contributed by atoms with van der Waals surface area (Å²) in [6.07, 6.45) is 4.85. The summed E-state index contributed by atoms with van der Waals surface area (Å²) in [6, 6.07) is 0.606. The Labute approximate surface area is 82.9 Å². The van der Waals surface area contributed by atoms with Crippen LogP contribution in [0.2, 0.25) is 0 Å². The van der Waals surface area contributed by atoms with Crippen molar-refractivity contribution in [3.05, 3.63) is 5.82 Å². The lowest BCUT2D eigenvalue weighted by molar-refractivity contribution is 0.422. The number of nitrogens with one attached hydrogen (secondary N) is 1. The zero-order valence-corrected chi connectivity index (χ0v) is 8.19. The van der Waals surface area contributed by atoms with Gasteiger partial charge in [-0.1, -0.05) is 0 Å². The number of hydrogen-bond donors (Lipinski definition) is 1. The van der Waals surface area contributed by atoms with Crippen LogP contribution >= 0.6 is 0 Å². The van der Waals surface area contributed by atoms with E-state index in [1.165, 1.54) is 25.7 Å². The van der Waals surface area contributed by atoms with Crippen LogP contribution in [0.4, 0.5) is 0 Å². The molecule has 2 aliphatic rings. The first-order valence-electron chi connectivity index (χ1n) is 5.43. The van der Waals surface area contributed by atoms with E-state index in [1.54, 1.807) is 0 Å². The van der Waals surface area contributed by atoms with E-state index in [4.69, 9.17) is 0 Å². The van der Waals surface area contributed by atoms with Crippen molar-refractivity contribution in [2.75, 3.05) is 13.1 Å².